The SMILES string of the molecule is O=C(Nc1ccc(F)cc1)c1ccc[nH+]c1N1CCCCC1. The quantitative estimate of drug-likeness (QED) is 0.947. The Balaban J connectivity index is 1.81. The number of benzene rings is 1. The number of carbonyl (C=O) groups excluding carboxylic acids is 1. The number of hydrogen-bond donors (Lipinski definition) is 1. The van der Waals surface area contributed by atoms with E-state index in [4.69, 9.17) is 0 Å². The van der Waals surface area contributed by atoms with Crippen molar-refractivity contribution in [3.05, 3.63) is 54.0 Å². The molecule has 0 aliphatic carbocycles. The number of nitrogens with one attached hydrogen (secondary N) is 2. The third kappa shape index (κ3) is 3.24. The molecule has 1 amide bonds. The Bertz CT molecular complexity index is 651. The molecule has 0 bridgehead atoms. The van der Waals surface area contributed by atoms with Crippen molar-refractivity contribution in [3.63, 3.8) is 0 Å². The summed E-state index contributed by atoms with van der Waals surface area (Å²) < 4.78 is 12.9. The van der Waals surface area contributed by atoms with Gasteiger partial charge in [-0.2, -0.15) is 0 Å². The van der Waals surface area contributed by atoms with Gasteiger partial charge in [-0.25, -0.2) is 9.37 Å². The van der Waals surface area contributed by atoms with Gasteiger partial charge < -0.3 is 5.32 Å². The monoisotopic (exact) mass is 300 g/mol. The summed E-state index contributed by atoms with van der Waals surface area (Å²) in [7, 11) is 0. The summed E-state index contributed by atoms with van der Waals surface area (Å²) in [6.45, 7) is 1.91. The van der Waals surface area contributed by atoms with Crippen molar-refractivity contribution in [3.8, 4) is 0 Å². The minimum absolute atomic E-state index is 0.191. The molecule has 1 aliphatic rings. The smallest absolute Gasteiger partial charge is 0.287 e. The van der Waals surface area contributed by atoms with Crippen LogP contribution in [0.2, 0.25) is 0 Å². The lowest BCUT2D eigenvalue weighted by molar-refractivity contribution is -0.364. The lowest BCUT2D eigenvalue weighted by atomic mass is 10.1. The van der Waals surface area contributed by atoms with Crippen LogP contribution in [0.5, 0.6) is 0 Å². The van der Waals surface area contributed by atoms with Gasteiger partial charge in [0.25, 0.3) is 11.7 Å². The largest absolute Gasteiger partial charge is 0.322 e. The fraction of sp³-hybridized carbons (Fsp3) is 0.294. The number of aromatic amines is 1. The highest BCUT2D eigenvalue weighted by molar-refractivity contribution is 6.07. The summed E-state index contributed by atoms with van der Waals surface area (Å²) in [5.74, 6) is 0.339. The van der Waals surface area contributed by atoms with Gasteiger partial charge in [0.1, 0.15) is 11.4 Å². The third-order valence-electron chi connectivity index (χ3n) is 3.85. The van der Waals surface area contributed by atoms with Crippen LogP contribution in [0.3, 0.4) is 0 Å². The van der Waals surface area contributed by atoms with Crippen molar-refractivity contribution in [2.75, 3.05) is 23.3 Å². The second-order valence-corrected chi connectivity index (χ2v) is 5.44. The summed E-state index contributed by atoms with van der Waals surface area (Å²) >= 11 is 0. The van der Waals surface area contributed by atoms with E-state index in [0.717, 1.165) is 31.7 Å². The van der Waals surface area contributed by atoms with Crippen molar-refractivity contribution in [1.82, 2.24) is 0 Å². The van der Waals surface area contributed by atoms with Crippen molar-refractivity contribution in [2.45, 2.75) is 19.3 Å². The summed E-state index contributed by atoms with van der Waals surface area (Å²) in [6.07, 6.45) is 5.35. The molecule has 114 valence electrons. The Labute approximate surface area is 129 Å². The molecule has 2 aromatic rings. The van der Waals surface area contributed by atoms with Gasteiger partial charge in [-0.1, -0.05) is 0 Å². The fourth-order valence-corrected chi connectivity index (χ4v) is 2.72. The van der Waals surface area contributed by atoms with Crippen LogP contribution in [-0.4, -0.2) is 19.0 Å². The molecule has 1 saturated heterocycles. The van der Waals surface area contributed by atoms with Gasteiger partial charge in [0.15, 0.2) is 0 Å². The third-order valence-corrected chi connectivity index (χ3v) is 3.85. The van der Waals surface area contributed by atoms with Crippen LogP contribution in [0.4, 0.5) is 15.9 Å². The molecule has 5 heteroatoms. The van der Waals surface area contributed by atoms with Crippen molar-refractivity contribution < 1.29 is 14.2 Å². The molecule has 0 atom stereocenters. The highest BCUT2D eigenvalue weighted by Gasteiger charge is 2.25. The Kier molecular flexibility index (Phi) is 4.32. The number of anilines is 2. The Morgan fingerprint density at radius 1 is 1.09 bits per heavy atom. The summed E-state index contributed by atoms with van der Waals surface area (Å²) in [6, 6.07) is 9.39. The van der Waals surface area contributed by atoms with Crippen LogP contribution in [0.25, 0.3) is 0 Å². The van der Waals surface area contributed by atoms with E-state index in [1.54, 1.807) is 18.2 Å². The minimum Gasteiger partial charge on any atom is -0.322 e. The molecule has 2 heterocycles. The Morgan fingerprint density at radius 2 is 1.82 bits per heavy atom. The highest BCUT2D eigenvalue weighted by Crippen LogP contribution is 2.20. The second-order valence-electron chi connectivity index (χ2n) is 5.44. The molecule has 4 nitrogen and oxygen atoms in total. The van der Waals surface area contributed by atoms with Gasteiger partial charge in [-0.05, 0) is 55.7 Å². The molecule has 22 heavy (non-hydrogen) atoms. The predicted molar refractivity (Wildman–Crippen MR) is 83.4 cm³/mol. The number of pyridine rings is 1. The fourth-order valence-electron chi connectivity index (χ4n) is 2.72. The van der Waals surface area contributed by atoms with Gasteiger partial charge in [0.05, 0.1) is 19.3 Å². The normalized spacial score (nSPS) is 14.7. The number of H-pyrrole nitrogens is 1. The van der Waals surface area contributed by atoms with Crippen LogP contribution in [-0.2, 0) is 0 Å². The number of nitrogens with zero attached hydrogens (tertiary/aromatic N) is 1. The number of halogens is 1. The molecule has 1 aromatic carbocycles. The first kappa shape index (κ1) is 14.5. The molecule has 0 radical (unpaired) electrons. The molecule has 1 aliphatic heterocycles. The maximum absolute atomic E-state index is 12.9. The highest BCUT2D eigenvalue weighted by atomic mass is 19.1. The van der Waals surface area contributed by atoms with E-state index in [9.17, 15) is 9.18 Å². The molecule has 0 saturated carbocycles. The van der Waals surface area contributed by atoms with E-state index < -0.39 is 0 Å². The van der Waals surface area contributed by atoms with E-state index in [1.807, 2.05) is 12.3 Å². The second kappa shape index (κ2) is 6.56. The topological polar surface area (TPSA) is 46.5 Å². The van der Waals surface area contributed by atoms with Gasteiger partial charge in [-0.3, -0.25) is 9.69 Å². The molecule has 3 rings (SSSR count). The number of amides is 1. The Hall–Kier alpha value is -2.43. The molecule has 1 fully saturated rings. The maximum Gasteiger partial charge on any atom is 0.287 e. The molecule has 0 unspecified atom stereocenters. The number of aromatic nitrogens is 1. The lowest BCUT2D eigenvalue weighted by Crippen LogP contribution is -2.36. The van der Waals surface area contributed by atoms with Crippen molar-refractivity contribution in [2.24, 2.45) is 0 Å². The minimum atomic E-state index is -0.319. The van der Waals surface area contributed by atoms with E-state index >= 15 is 0 Å². The zero-order valence-corrected chi connectivity index (χ0v) is 12.3. The molecule has 2 N–H and O–H groups in total. The predicted octanol–water partition coefficient (Wildman–Crippen LogP) is 2.88. The van der Waals surface area contributed by atoms with Gasteiger partial charge in [-0.15, -0.1) is 0 Å². The van der Waals surface area contributed by atoms with E-state index in [0.29, 0.717) is 11.3 Å². The molecular formula is C17H19FN3O+. The van der Waals surface area contributed by atoms with Gasteiger partial charge in [0.2, 0.25) is 0 Å². The zero-order valence-electron chi connectivity index (χ0n) is 12.3. The van der Waals surface area contributed by atoms with Gasteiger partial charge in [0, 0.05) is 5.69 Å². The first-order valence-electron chi connectivity index (χ1n) is 7.56. The lowest BCUT2D eigenvalue weighted by Gasteiger charge is -2.22. The van der Waals surface area contributed by atoms with Crippen molar-refractivity contribution >= 4 is 17.4 Å². The number of rotatable bonds is 3. The number of hydrogen-bond acceptors (Lipinski definition) is 2. The van der Waals surface area contributed by atoms with E-state index in [2.05, 4.69) is 15.2 Å². The molecule has 0 spiro atoms. The first-order chi connectivity index (χ1) is 10.7. The van der Waals surface area contributed by atoms with Crippen LogP contribution in [0, 0.1) is 5.82 Å². The van der Waals surface area contributed by atoms with Crippen LogP contribution >= 0.6 is 0 Å². The number of carbonyl (C=O) groups is 1. The van der Waals surface area contributed by atoms with E-state index in [-0.39, 0.29) is 11.7 Å². The first-order valence-corrected chi connectivity index (χ1v) is 7.56. The van der Waals surface area contributed by atoms with E-state index in [1.165, 1.54) is 18.6 Å². The van der Waals surface area contributed by atoms with Crippen molar-refractivity contribution in [1.29, 1.82) is 0 Å². The molecule has 1 aromatic heterocycles. The average molecular weight is 300 g/mol. The summed E-state index contributed by atoms with van der Waals surface area (Å²) in [5, 5.41) is 2.81. The summed E-state index contributed by atoms with van der Waals surface area (Å²) in [5.41, 5.74) is 1.19. The Morgan fingerprint density at radius 3 is 2.55 bits per heavy atom. The summed E-state index contributed by atoms with van der Waals surface area (Å²) in [4.78, 5) is 17.9. The van der Waals surface area contributed by atoms with Gasteiger partial charge >= 0.3 is 0 Å². The zero-order chi connectivity index (χ0) is 15.4. The number of piperidine rings is 1. The molecular weight excluding hydrogens is 281 g/mol. The maximum atomic E-state index is 12.9. The van der Waals surface area contributed by atoms with Crippen LogP contribution in [0.15, 0.2) is 42.6 Å². The average Bonchev–Trinajstić information content (AvgIpc) is 2.58. The van der Waals surface area contributed by atoms with Crippen LogP contribution in [0.1, 0.15) is 29.6 Å². The van der Waals surface area contributed by atoms with Crippen LogP contribution < -0.4 is 15.2 Å². The standard InChI is InChI=1S/C17H18FN3O/c18-13-6-8-14(9-7-13)20-17(22)15-5-4-10-19-16(15)21-11-2-1-3-12-21/h4-10H,1-3,11-12H2,(H,20,22)/p+1.